The van der Waals surface area contributed by atoms with Gasteiger partial charge in [-0.3, -0.25) is 0 Å². The lowest BCUT2D eigenvalue weighted by molar-refractivity contribution is 0.120. The van der Waals surface area contributed by atoms with Crippen molar-refractivity contribution >= 4 is 46.0 Å². The quantitative estimate of drug-likeness (QED) is 0.442. The van der Waals surface area contributed by atoms with Gasteiger partial charge in [-0.05, 0) is 37.1 Å². The Labute approximate surface area is 189 Å². The Morgan fingerprint density at radius 2 is 1.90 bits per heavy atom. The number of ether oxygens (including phenoxy) is 1. The smallest absolute Gasteiger partial charge is 0.225 e. The molecule has 2 aromatic carbocycles. The van der Waals surface area contributed by atoms with E-state index < -0.39 is 0 Å². The number of aromatic nitrogens is 4. The third kappa shape index (κ3) is 3.92. The van der Waals surface area contributed by atoms with Crippen LogP contribution in [0.25, 0.3) is 28.0 Å². The summed E-state index contributed by atoms with van der Waals surface area (Å²) < 4.78 is 7.30. The topological polar surface area (TPSA) is 90.9 Å². The van der Waals surface area contributed by atoms with Gasteiger partial charge in [-0.1, -0.05) is 47.5 Å². The molecule has 0 aliphatic carbocycles. The van der Waals surface area contributed by atoms with Crippen molar-refractivity contribution in [3.05, 3.63) is 58.6 Å². The Morgan fingerprint density at radius 3 is 2.65 bits per heavy atom. The lowest BCUT2D eigenvalue weighted by atomic mass is 10.1. The van der Waals surface area contributed by atoms with Gasteiger partial charge in [0.2, 0.25) is 5.95 Å². The zero-order valence-corrected chi connectivity index (χ0v) is 18.1. The fourth-order valence-electron chi connectivity index (χ4n) is 3.72. The van der Waals surface area contributed by atoms with Gasteiger partial charge in [0.05, 0.1) is 27.9 Å². The Hall–Kier alpha value is -2.87. The van der Waals surface area contributed by atoms with Crippen LogP contribution < -0.4 is 11.1 Å². The summed E-state index contributed by atoms with van der Waals surface area (Å²) in [5, 5.41) is 9.78. The van der Waals surface area contributed by atoms with E-state index in [0.29, 0.717) is 50.8 Å². The van der Waals surface area contributed by atoms with Gasteiger partial charge in [0, 0.05) is 23.7 Å². The maximum atomic E-state index is 6.53. The molecule has 2 aromatic heterocycles. The Morgan fingerprint density at radius 1 is 1.10 bits per heavy atom. The van der Waals surface area contributed by atoms with Gasteiger partial charge in [-0.25, -0.2) is 9.67 Å². The zero-order chi connectivity index (χ0) is 21.4. The highest BCUT2D eigenvalue weighted by molar-refractivity contribution is 6.32. The highest BCUT2D eigenvalue weighted by atomic mass is 35.5. The number of para-hydroxylation sites is 1. The first-order valence-electron chi connectivity index (χ1n) is 10.0. The molecule has 1 saturated heterocycles. The van der Waals surface area contributed by atoms with E-state index in [1.165, 1.54) is 0 Å². The number of hydrogen-bond acceptors (Lipinski definition) is 6. The number of hydrogen-bond donors (Lipinski definition) is 2. The van der Waals surface area contributed by atoms with E-state index in [0.717, 1.165) is 25.0 Å². The molecule has 0 bridgehead atoms. The molecule has 31 heavy (non-hydrogen) atoms. The molecule has 1 atom stereocenters. The van der Waals surface area contributed by atoms with E-state index in [1.54, 1.807) is 10.7 Å². The lowest BCUT2D eigenvalue weighted by Crippen LogP contribution is -2.19. The van der Waals surface area contributed by atoms with Crippen LogP contribution in [-0.2, 0) is 4.74 Å². The Balaban J connectivity index is 1.65. The molecule has 5 rings (SSSR count). The minimum Gasteiger partial charge on any atom is -0.383 e. The van der Waals surface area contributed by atoms with Crippen molar-refractivity contribution in [2.45, 2.75) is 18.9 Å². The molecule has 0 spiro atoms. The summed E-state index contributed by atoms with van der Waals surface area (Å²) >= 11 is 12.5. The maximum absolute atomic E-state index is 6.53. The van der Waals surface area contributed by atoms with Crippen LogP contribution in [-0.4, -0.2) is 39.0 Å². The number of nitrogens with one attached hydrogen (secondary N) is 1. The Bertz CT molecular complexity index is 1230. The minimum atomic E-state index is 0.157. The molecule has 0 saturated carbocycles. The number of rotatable bonds is 5. The van der Waals surface area contributed by atoms with Gasteiger partial charge >= 0.3 is 0 Å². The van der Waals surface area contributed by atoms with E-state index >= 15 is 0 Å². The van der Waals surface area contributed by atoms with Crippen LogP contribution in [0.2, 0.25) is 10.0 Å². The van der Waals surface area contributed by atoms with Crippen molar-refractivity contribution in [3.8, 4) is 16.9 Å². The number of halogens is 2. The molecular formula is C22H20Cl2N6O. The van der Waals surface area contributed by atoms with Crippen LogP contribution in [0.1, 0.15) is 12.8 Å². The third-order valence-corrected chi connectivity index (χ3v) is 5.85. The fourth-order valence-corrected chi connectivity index (χ4v) is 4.07. The molecule has 7 nitrogen and oxygen atoms in total. The predicted molar refractivity (Wildman–Crippen MR) is 124 cm³/mol. The highest BCUT2D eigenvalue weighted by Gasteiger charge is 2.21. The van der Waals surface area contributed by atoms with Crippen LogP contribution in [0.3, 0.4) is 0 Å². The van der Waals surface area contributed by atoms with Gasteiger partial charge in [-0.15, -0.1) is 5.10 Å². The van der Waals surface area contributed by atoms with Crippen molar-refractivity contribution in [1.82, 2.24) is 19.7 Å². The molecule has 4 aromatic rings. The summed E-state index contributed by atoms with van der Waals surface area (Å²) in [6.45, 7) is 1.42. The van der Waals surface area contributed by atoms with Gasteiger partial charge in [0.15, 0.2) is 5.65 Å². The Kier molecular flexibility index (Phi) is 5.40. The molecule has 0 unspecified atom stereocenters. The summed E-state index contributed by atoms with van der Waals surface area (Å²) in [6.07, 6.45) is 2.25. The van der Waals surface area contributed by atoms with Crippen LogP contribution in [0.5, 0.6) is 0 Å². The first kappa shape index (κ1) is 20.1. The van der Waals surface area contributed by atoms with Crippen molar-refractivity contribution in [3.63, 3.8) is 0 Å². The number of nitrogens with zero attached hydrogens (tertiary/aromatic N) is 4. The van der Waals surface area contributed by atoms with E-state index in [4.69, 9.17) is 38.7 Å². The maximum Gasteiger partial charge on any atom is 0.225 e. The lowest BCUT2D eigenvalue weighted by Gasteiger charge is -2.12. The number of nitrogens with two attached hydrogens (primary N) is 1. The van der Waals surface area contributed by atoms with E-state index in [9.17, 15) is 0 Å². The van der Waals surface area contributed by atoms with E-state index in [2.05, 4.69) is 15.4 Å². The average molecular weight is 455 g/mol. The largest absolute Gasteiger partial charge is 0.383 e. The standard InChI is InChI=1S/C22H20Cl2N6O/c23-14-9-7-13(8-10-14)19-18-20(25)30(17-6-2-1-5-16(17)24)29-21(18)28-22(27-19)26-12-15-4-3-11-31-15/h1-2,5-10,15H,3-4,11-12,25H2,(H,26,28,29)/t15-/m0/s1. The van der Waals surface area contributed by atoms with Gasteiger partial charge in [0.1, 0.15) is 5.82 Å². The van der Waals surface area contributed by atoms with Crippen LogP contribution in [0.4, 0.5) is 11.8 Å². The average Bonchev–Trinajstić information content (AvgIpc) is 3.41. The molecule has 3 heterocycles. The van der Waals surface area contributed by atoms with Crippen LogP contribution in [0.15, 0.2) is 48.5 Å². The number of anilines is 2. The molecule has 9 heteroatoms. The molecule has 3 N–H and O–H groups in total. The van der Waals surface area contributed by atoms with Crippen LogP contribution >= 0.6 is 23.2 Å². The number of benzene rings is 2. The second kappa shape index (κ2) is 8.34. The minimum absolute atomic E-state index is 0.157. The molecule has 158 valence electrons. The van der Waals surface area contributed by atoms with E-state index in [1.807, 2.05) is 42.5 Å². The number of fused-ring (bicyclic) bond motifs is 1. The van der Waals surface area contributed by atoms with Gasteiger partial charge < -0.3 is 15.8 Å². The molecular weight excluding hydrogens is 435 g/mol. The zero-order valence-electron chi connectivity index (χ0n) is 16.6. The molecule has 1 fully saturated rings. The predicted octanol–water partition coefficient (Wildman–Crippen LogP) is 4.96. The van der Waals surface area contributed by atoms with Crippen molar-refractivity contribution in [2.75, 3.05) is 24.2 Å². The summed E-state index contributed by atoms with van der Waals surface area (Å²) in [4.78, 5) is 9.38. The first-order chi connectivity index (χ1) is 15.1. The summed E-state index contributed by atoms with van der Waals surface area (Å²) in [7, 11) is 0. The van der Waals surface area contributed by atoms with E-state index in [-0.39, 0.29) is 6.10 Å². The SMILES string of the molecule is Nc1c2c(-c3ccc(Cl)cc3)nc(NC[C@@H]3CCCO3)nc2nn1-c1ccccc1Cl. The molecule has 0 amide bonds. The second-order valence-electron chi connectivity index (χ2n) is 7.37. The molecule has 1 aliphatic heterocycles. The summed E-state index contributed by atoms with van der Waals surface area (Å²) in [5.41, 5.74) is 9.22. The van der Waals surface area contributed by atoms with Gasteiger partial charge in [-0.2, -0.15) is 4.98 Å². The third-order valence-electron chi connectivity index (χ3n) is 5.28. The molecule has 0 radical (unpaired) electrons. The first-order valence-corrected chi connectivity index (χ1v) is 10.8. The van der Waals surface area contributed by atoms with Crippen molar-refractivity contribution < 1.29 is 4.74 Å². The molecule has 1 aliphatic rings. The monoisotopic (exact) mass is 454 g/mol. The summed E-state index contributed by atoms with van der Waals surface area (Å²) in [6, 6.07) is 14.8. The normalized spacial score (nSPS) is 16.1. The highest BCUT2D eigenvalue weighted by Crippen LogP contribution is 2.34. The second-order valence-corrected chi connectivity index (χ2v) is 8.21. The fraction of sp³-hybridized carbons (Fsp3) is 0.227. The van der Waals surface area contributed by atoms with Gasteiger partial charge in [0.25, 0.3) is 0 Å². The van der Waals surface area contributed by atoms with Crippen molar-refractivity contribution in [1.29, 1.82) is 0 Å². The van der Waals surface area contributed by atoms with Crippen LogP contribution in [0, 0.1) is 0 Å². The van der Waals surface area contributed by atoms with Crippen molar-refractivity contribution in [2.24, 2.45) is 0 Å². The number of nitrogen functional groups attached to an aromatic ring is 1. The summed E-state index contributed by atoms with van der Waals surface area (Å²) in [5.74, 6) is 0.885.